The molecule has 0 saturated carbocycles. The zero-order valence-corrected chi connectivity index (χ0v) is 16.9. The Morgan fingerprint density at radius 2 is 1.93 bits per heavy atom. The van der Waals surface area contributed by atoms with Gasteiger partial charge in [-0.2, -0.15) is 10.2 Å². The van der Waals surface area contributed by atoms with E-state index < -0.39 is 10.8 Å². The monoisotopic (exact) mass is 442 g/mol. The molecule has 0 aliphatic rings. The molecule has 0 saturated heterocycles. The fraction of sp³-hybridized carbons (Fsp3) is 0.188. The molecule has 28 heavy (non-hydrogen) atoms. The summed E-state index contributed by atoms with van der Waals surface area (Å²) in [5.74, 6) is -0.670. The van der Waals surface area contributed by atoms with Crippen LogP contribution in [0.2, 0.25) is 15.1 Å². The number of aryl methyl sites for hydroxylation is 2. The Bertz CT molecular complexity index is 1090. The number of benzene rings is 1. The van der Waals surface area contributed by atoms with Gasteiger partial charge in [0.25, 0.3) is 5.91 Å². The van der Waals surface area contributed by atoms with Gasteiger partial charge in [-0.1, -0.05) is 40.9 Å². The van der Waals surface area contributed by atoms with Crippen molar-refractivity contribution in [2.24, 2.45) is 7.05 Å². The molecule has 1 amide bonds. The van der Waals surface area contributed by atoms with Crippen LogP contribution < -0.4 is 5.32 Å². The lowest BCUT2D eigenvalue weighted by atomic mass is 10.2. The fourth-order valence-electron chi connectivity index (χ4n) is 2.67. The summed E-state index contributed by atoms with van der Waals surface area (Å²) in [6.45, 7) is 1.78. The third-order valence-corrected chi connectivity index (χ3v) is 4.88. The van der Waals surface area contributed by atoms with E-state index in [4.69, 9.17) is 34.8 Å². The highest BCUT2D eigenvalue weighted by Crippen LogP contribution is 2.26. The minimum atomic E-state index is -0.739. The average Bonchev–Trinajstić information content (AvgIpc) is 3.09. The molecule has 0 unspecified atom stereocenters. The van der Waals surface area contributed by atoms with Crippen LogP contribution in [0.1, 0.15) is 21.7 Å². The van der Waals surface area contributed by atoms with Crippen molar-refractivity contribution in [1.29, 1.82) is 0 Å². The van der Waals surface area contributed by atoms with Gasteiger partial charge in [0.2, 0.25) is 5.69 Å². The Balaban J connectivity index is 1.83. The van der Waals surface area contributed by atoms with Crippen LogP contribution in [0.25, 0.3) is 0 Å². The lowest BCUT2D eigenvalue weighted by Crippen LogP contribution is -2.18. The molecule has 146 valence electrons. The lowest BCUT2D eigenvalue weighted by molar-refractivity contribution is -0.385. The molecule has 0 radical (unpaired) electrons. The van der Waals surface area contributed by atoms with E-state index in [-0.39, 0.29) is 27.9 Å². The predicted molar refractivity (Wildman–Crippen MR) is 105 cm³/mol. The maximum Gasteiger partial charge on any atom is 0.322 e. The van der Waals surface area contributed by atoms with E-state index in [1.807, 2.05) is 0 Å². The van der Waals surface area contributed by atoms with E-state index in [0.717, 1.165) is 10.2 Å². The van der Waals surface area contributed by atoms with E-state index in [9.17, 15) is 14.9 Å². The number of hydrogen-bond donors (Lipinski definition) is 1. The molecule has 9 nitrogen and oxygen atoms in total. The molecule has 2 aromatic heterocycles. The Labute approximate surface area is 173 Å². The van der Waals surface area contributed by atoms with Gasteiger partial charge in [0.1, 0.15) is 10.7 Å². The van der Waals surface area contributed by atoms with Crippen molar-refractivity contribution in [1.82, 2.24) is 19.6 Å². The summed E-state index contributed by atoms with van der Waals surface area (Å²) < 4.78 is 2.64. The zero-order valence-electron chi connectivity index (χ0n) is 14.6. The zero-order chi connectivity index (χ0) is 20.6. The number of halogens is 3. The smallest absolute Gasteiger partial charge is 0.302 e. The van der Waals surface area contributed by atoms with Crippen molar-refractivity contribution in [3.8, 4) is 0 Å². The summed E-state index contributed by atoms with van der Waals surface area (Å²) >= 11 is 18.0. The number of nitrogens with zero attached hydrogens (tertiary/aromatic N) is 5. The standard InChI is InChI=1S/C16H13Cl3N6O3/c1-8-13(25(27)28)14(23(2)21-8)16(26)20-15-12(19)7-24(22-15)6-9-3-4-10(17)11(18)5-9/h3-5,7H,6H2,1-2H3,(H,20,22,26). The van der Waals surface area contributed by atoms with Gasteiger partial charge >= 0.3 is 5.69 Å². The van der Waals surface area contributed by atoms with E-state index in [0.29, 0.717) is 16.6 Å². The van der Waals surface area contributed by atoms with Gasteiger partial charge in [0, 0.05) is 13.2 Å². The highest BCUT2D eigenvalue weighted by atomic mass is 35.5. The van der Waals surface area contributed by atoms with Gasteiger partial charge in [-0.25, -0.2) is 0 Å². The molecular formula is C16H13Cl3N6O3. The summed E-state index contributed by atoms with van der Waals surface area (Å²) in [6, 6.07) is 5.14. The van der Waals surface area contributed by atoms with Crippen LogP contribution >= 0.6 is 34.8 Å². The summed E-state index contributed by atoms with van der Waals surface area (Å²) in [5.41, 5.74) is 0.391. The van der Waals surface area contributed by atoms with Crippen LogP contribution in [0, 0.1) is 17.0 Å². The Morgan fingerprint density at radius 1 is 1.21 bits per heavy atom. The molecule has 12 heteroatoms. The number of carbonyl (C=O) groups is 1. The van der Waals surface area contributed by atoms with Crippen molar-refractivity contribution in [2.45, 2.75) is 13.5 Å². The topological polar surface area (TPSA) is 108 Å². The van der Waals surface area contributed by atoms with Gasteiger partial charge in [0.15, 0.2) is 5.82 Å². The third-order valence-electron chi connectivity index (χ3n) is 3.87. The van der Waals surface area contributed by atoms with Crippen molar-refractivity contribution in [2.75, 3.05) is 5.32 Å². The molecule has 0 fully saturated rings. The molecule has 0 aliphatic carbocycles. The van der Waals surface area contributed by atoms with Crippen molar-refractivity contribution in [3.63, 3.8) is 0 Å². The van der Waals surface area contributed by atoms with E-state index in [2.05, 4.69) is 15.5 Å². The third kappa shape index (κ3) is 3.96. The van der Waals surface area contributed by atoms with Gasteiger partial charge in [-0.15, -0.1) is 0 Å². The molecule has 0 atom stereocenters. The van der Waals surface area contributed by atoms with Crippen molar-refractivity contribution >= 4 is 52.2 Å². The second kappa shape index (κ2) is 7.78. The lowest BCUT2D eigenvalue weighted by Gasteiger charge is -2.04. The molecule has 0 spiro atoms. The summed E-state index contributed by atoms with van der Waals surface area (Å²) in [6.07, 6.45) is 1.52. The second-order valence-corrected chi connectivity index (χ2v) is 7.11. The molecule has 3 rings (SSSR count). The Hall–Kier alpha value is -2.62. The van der Waals surface area contributed by atoms with Gasteiger partial charge < -0.3 is 5.32 Å². The highest BCUT2D eigenvalue weighted by molar-refractivity contribution is 6.42. The summed E-state index contributed by atoms with van der Waals surface area (Å²) in [4.78, 5) is 23.2. The highest BCUT2D eigenvalue weighted by Gasteiger charge is 2.30. The summed E-state index contributed by atoms with van der Waals surface area (Å²) in [5, 5.41) is 22.9. The van der Waals surface area contributed by atoms with Crippen LogP contribution in [0.15, 0.2) is 24.4 Å². The first-order valence-electron chi connectivity index (χ1n) is 7.83. The van der Waals surface area contributed by atoms with E-state index in [1.54, 1.807) is 18.2 Å². The molecule has 3 aromatic rings. The first-order chi connectivity index (χ1) is 13.2. The van der Waals surface area contributed by atoms with Gasteiger partial charge in [0.05, 0.1) is 21.5 Å². The quantitative estimate of drug-likeness (QED) is 0.472. The van der Waals surface area contributed by atoms with E-state index >= 15 is 0 Å². The Morgan fingerprint density at radius 3 is 2.57 bits per heavy atom. The van der Waals surface area contributed by atoms with E-state index in [1.165, 1.54) is 24.9 Å². The van der Waals surface area contributed by atoms with Crippen LogP contribution in [-0.4, -0.2) is 30.4 Å². The largest absolute Gasteiger partial charge is 0.322 e. The number of rotatable bonds is 5. The molecule has 0 aliphatic heterocycles. The number of aromatic nitrogens is 4. The Kier molecular flexibility index (Phi) is 5.59. The second-order valence-electron chi connectivity index (χ2n) is 5.89. The summed E-state index contributed by atoms with van der Waals surface area (Å²) in [7, 11) is 1.44. The first kappa shape index (κ1) is 20.1. The van der Waals surface area contributed by atoms with Crippen LogP contribution in [0.4, 0.5) is 11.5 Å². The number of carbonyl (C=O) groups excluding carboxylic acids is 1. The molecule has 1 N–H and O–H groups in total. The van der Waals surface area contributed by atoms with Gasteiger partial charge in [-0.3, -0.25) is 24.3 Å². The minimum absolute atomic E-state index is 0.0693. The van der Waals surface area contributed by atoms with Crippen LogP contribution in [0.5, 0.6) is 0 Å². The molecule has 1 aromatic carbocycles. The predicted octanol–water partition coefficient (Wildman–Crippen LogP) is 4.09. The first-order valence-corrected chi connectivity index (χ1v) is 8.97. The molecule has 0 bridgehead atoms. The fourth-order valence-corrected chi connectivity index (χ4v) is 3.19. The average molecular weight is 444 g/mol. The normalized spacial score (nSPS) is 10.9. The van der Waals surface area contributed by atoms with Gasteiger partial charge in [-0.05, 0) is 24.6 Å². The van der Waals surface area contributed by atoms with Crippen LogP contribution in [-0.2, 0) is 13.6 Å². The molecular weight excluding hydrogens is 431 g/mol. The maximum atomic E-state index is 12.6. The number of amides is 1. The number of nitrogens with one attached hydrogen (secondary N) is 1. The van der Waals surface area contributed by atoms with Crippen molar-refractivity contribution in [3.05, 3.63) is 66.5 Å². The molecule has 2 heterocycles. The SMILES string of the molecule is Cc1nn(C)c(C(=O)Nc2nn(Cc3ccc(Cl)c(Cl)c3)cc2Cl)c1[N+](=O)[O-]. The number of hydrogen-bond acceptors (Lipinski definition) is 5. The number of nitro groups is 1. The minimum Gasteiger partial charge on any atom is -0.302 e. The van der Waals surface area contributed by atoms with Crippen molar-refractivity contribution < 1.29 is 9.72 Å². The maximum absolute atomic E-state index is 12.6. The number of anilines is 1. The van der Waals surface area contributed by atoms with Crippen LogP contribution in [0.3, 0.4) is 0 Å².